The topological polar surface area (TPSA) is 79.3 Å². The van der Waals surface area contributed by atoms with Crippen molar-refractivity contribution in [2.75, 3.05) is 41.4 Å². The normalized spacial score (nSPS) is 17.8. The Kier molecular flexibility index (Phi) is 7.20. The number of nitrogens with zero attached hydrogens (tertiary/aromatic N) is 2. The van der Waals surface area contributed by atoms with Gasteiger partial charge in [-0.05, 0) is 63.8 Å². The fourth-order valence-electron chi connectivity index (χ4n) is 4.06. The van der Waals surface area contributed by atoms with Crippen LogP contribution in [0, 0.1) is 6.92 Å². The van der Waals surface area contributed by atoms with Crippen molar-refractivity contribution in [2.24, 2.45) is 0 Å². The monoisotopic (exact) mass is 438 g/mol. The number of amides is 1. The Hall–Kier alpha value is -3.32. The van der Waals surface area contributed by atoms with E-state index in [0.29, 0.717) is 35.6 Å². The van der Waals surface area contributed by atoms with Gasteiger partial charge in [0, 0.05) is 17.7 Å². The first-order valence-electron chi connectivity index (χ1n) is 10.5. The second-order valence-corrected chi connectivity index (χ2v) is 8.07. The molecular weight excluding hydrogens is 408 g/mol. The molecular formula is C25H30N2O5. The first kappa shape index (κ1) is 23.3. The smallest absolute Gasteiger partial charge is 0.295 e. The summed E-state index contributed by atoms with van der Waals surface area (Å²) < 4.78 is 10.8. The summed E-state index contributed by atoms with van der Waals surface area (Å²) in [5.74, 6) is -0.320. The molecule has 1 aliphatic heterocycles. The number of hydrogen-bond acceptors (Lipinski definition) is 6. The Morgan fingerprint density at radius 3 is 2.44 bits per heavy atom. The van der Waals surface area contributed by atoms with Gasteiger partial charge >= 0.3 is 0 Å². The van der Waals surface area contributed by atoms with Gasteiger partial charge in [0.15, 0.2) is 0 Å². The molecule has 0 saturated carbocycles. The molecule has 1 aliphatic rings. The van der Waals surface area contributed by atoms with Crippen molar-refractivity contribution in [2.45, 2.75) is 19.4 Å². The number of likely N-dealkylation sites (tertiary alicyclic amines) is 1. The predicted octanol–water partition coefficient (Wildman–Crippen LogP) is 3.39. The lowest BCUT2D eigenvalue weighted by Gasteiger charge is -2.27. The van der Waals surface area contributed by atoms with Gasteiger partial charge in [0.2, 0.25) is 0 Å². The van der Waals surface area contributed by atoms with E-state index in [1.54, 1.807) is 38.5 Å². The van der Waals surface area contributed by atoms with E-state index in [4.69, 9.17) is 9.47 Å². The fraction of sp³-hybridized carbons (Fsp3) is 0.360. The van der Waals surface area contributed by atoms with E-state index in [9.17, 15) is 14.7 Å². The van der Waals surface area contributed by atoms with Crippen LogP contribution in [0.3, 0.4) is 0 Å². The molecule has 1 amide bonds. The lowest BCUT2D eigenvalue weighted by Crippen LogP contribution is -2.32. The highest BCUT2D eigenvalue weighted by Crippen LogP contribution is 2.43. The van der Waals surface area contributed by atoms with Gasteiger partial charge in [0.1, 0.15) is 17.3 Å². The zero-order valence-corrected chi connectivity index (χ0v) is 19.2. The van der Waals surface area contributed by atoms with Gasteiger partial charge in [-0.25, -0.2) is 0 Å². The van der Waals surface area contributed by atoms with Crippen LogP contribution in [0.15, 0.2) is 48.0 Å². The minimum Gasteiger partial charge on any atom is -0.507 e. The molecule has 0 unspecified atom stereocenters. The molecule has 0 radical (unpaired) electrons. The van der Waals surface area contributed by atoms with Crippen molar-refractivity contribution in [3.05, 3.63) is 64.7 Å². The van der Waals surface area contributed by atoms with Crippen LogP contribution in [0.4, 0.5) is 0 Å². The second-order valence-electron chi connectivity index (χ2n) is 8.07. The number of carbonyl (C=O) groups excluding carboxylic acids is 2. The molecule has 170 valence electrons. The highest BCUT2D eigenvalue weighted by atomic mass is 16.5. The molecule has 1 fully saturated rings. The van der Waals surface area contributed by atoms with Gasteiger partial charge in [0.25, 0.3) is 11.7 Å². The number of aliphatic hydroxyl groups is 1. The quantitative estimate of drug-likeness (QED) is 0.387. The standard InChI is InChI=1S/C25H30N2O5/c1-16-15-17(31-4)11-12-18(16)23(28)21-22(19-9-6-7-10-20(19)32-5)27(25(30)24(21)29)14-8-13-26(2)3/h6-7,9-12,15,22,28H,8,13-14H2,1-5H3/t22-/m0/s1. The maximum atomic E-state index is 13.2. The molecule has 0 bridgehead atoms. The number of carbonyl (C=O) groups is 2. The number of ether oxygens (including phenoxy) is 2. The molecule has 7 nitrogen and oxygen atoms in total. The number of aliphatic hydroxyl groups excluding tert-OH is 1. The average molecular weight is 439 g/mol. The Labute approximate surface area is 188 Å². The van der Waals surface area contributed by atoms with Crippen LogP contribution in [0.25, 0.3) is 5.76 Å². The summed E-state index contributed by atoms with van der Waals surface area (Å²) in [6, 6.07) is 11.7. The molecule has 0 aromatic heterocycles. The van der Waals surface area contributed by atoms with E-state index in [0.717, 1.165) is 12.1 Å². The summed E-state index contributed by atoms with van der Waals surface area (Å²) in [5.41, 5.74) is 1.95. The first-order chi connectivity index (χ1) is 15.3. The van der Waals surface area contributed by atoms with Crippen molar-refractivity contribution in [1.29, 1.82) is 0 Å². The first-order valence-corrected chi connectivity index (χ1v) is 10.5. The molecule has 1 atom stereocenters. The van der Waals surface area contributed by atoms with Crippen LogP contribution in [-0.4, -0.2) is 68.0 Å². The number of ketones is 1. The lowest BCUT2D eigenvalue weighted by molar-refractivity contribution is -0.140. The van der Waals surface area contributed by atoms with Crippen LogP contribution in [0.2, 0.25) is 0 Å². The Balaban J connectivity index is 2.16. The van der Waals surface area contributed by atoms with E-state index in [-0.39, 0.29) is 11.3 Å². The molecule has 1 N–H and O–H groups in total. The number of rotatable bonds is 8. The van der Waals surface area contributed by atoms with Crippen LogP contribution < -0.4 is 9.47 Å². The van der Waals surface area contributed by atoms with Crippen molar-refractivity contribution in [3.63, 3.8) is 0 Å². The molecule has 1 saturated heterocycles. The highest BCUT2D eigenvalue weighted by molar-refractivity contribution is 6.46. The van der Waals surface area contributed by atoms with Gasteiger partial charge in [0.05, 0.1) is 25.8 Å². The minimum absolute atomic E-state index is 0.0672. The van der Waals surface area contributed by atoms with E-state index >= 15 is 0 Å². The molecule has 0 spiro atoms. The number of aryl methyl sites for hydroxylation is 1. The third-order valence-corrected chi connectivity index (χ3v) is 5.67. The Morgan fingerprint density at radius 2 is 1.81 bits per heavy atom. The predicted molar refractivity (Wildman–Crippen MR) is 123 cm³/mol. The maximum absolute atomic E-state index is 13.2. The zero-order chi connectivity index (χ0) is 23.4. The largest absolute Gasteiger partial charge is 0.507 e. The van der Waals surface area contributed by atoms with Crippen LogP contribution in [0.5, 0.6) is 11.5 Å². The van der Waals surface area contributed by atoms with Gasteiger partial charge in [-0.15, -0.1) is 0 Å². The molecule has 0 aliphatic carbocycles. The lowest BCUT2D eigenvalue weighted by atomic mass is 9.93. The number of hydrogen-bond donors (Lipinski definition) is 1. The van der Waals surface area contributed by atoms with E-state index in [1.165, 1.54) is 4.90 Å². The molecule has 1 heterocycles. The van der Waals surface area contributed by atoms with Gasteiger partial charge < -0.3 is 24.4 Å². The van der Waals surface area contributed by atoms with E-state index in [2.05, 4.69) is 0 Å². The summed E-state index contributed by atoms with van der Waals surface area (Å²) in [7, 11) is 7.02. The van der Waals surface area contributed by atoms with Crippen molar-refractivity contribution < 1.29 is 24.2 Å². The Morgan fingerprint density at radius 1 is 1.09 bits per heavy atom. The van der Waals surface area contributed by atoms with Crippen LogP contribution in [0.1, 0.15) is 29.2 Å². The molecule has 2 aromatic carbocycles. The fourth-order valence-corrected chi connectivity index (χ4v) is 4.06. The zero-order valence-electron chi connectivity index (χ0n) is 19.2. The summed E-state index contributed by atoms with van der Waals surface area (Å²) >= 11 is 0. The third-order valence-electron chi connectivity index (χ3n) is 5.67. The second kappa shape index (κ2) is 9.87. The van der Waals surface area contributed by atoms with Gasteiger partial charge in [-0.1, -0.05) is 18.2 Å². The molecule has 3 rings (SSSR count). The summed E-state index contributed by atoms with van der Waals surface area (Å²) in [6.45, 7) is 2.96. The number of Topliss-reactive ketones (excluding diaryl/α,β-unsaturated/α-hetero) is 1. The Bertz CT molecular complexity index is 1040. The molecule has 32 heavy (non-hydrogen) atoms. The number of methoxy groups -OCH3 is 2. The highest BCUT2D eigenvalue weighted by Gasteiger charge is 2.46. The van der Waals surface area contributed by atoms with Gasteiger partial charge in [-0.3, -0.25) is 9.59 Å². The number of para-hydroxylation sites is 1. The summed E-state index contributed by atoms with van der Waals surface area (Å²) in [6.07, 6.45) is 0.688. The molecule has 2 aromatic rings. The van der Waals surface area contributed by atoms with Crippen molar-refractivity contribution >= 4 is 17.4 Å². The molecule has 7 heteroatoms. The van der Waals surface area contributed by atoms with Crippen molar-refractivity contribution in [1.82, 2.24) is 9.80 Å². The average Bonchev–Trinajstić information content (AvgIpc) is 3.03. The summed E-state index contributed by atoms with van der Waals surface area (Å²) in [4.78, 5) is 29.8. The minimum atomic E-state index is -0.741. The maximum Gasteiger partial charge on any atom is 0.295 e. The van der Waals surface area contributed by atoms with E-state index < -0.39 is 17.7 Å². The number of benzene rings is 2. The van der Waals surface area contributed by atoms with Crippen LogP contribution >= 0.6 is 0 Å². The van der Waals surface area contributed by atoms with E-state index in [1.807, 2.05) is 44.1 Å². The SMILES string of the molecule is COc1ccc(C(O)=C2C(=O)C(=O)N(CCCN(C)C)[C@H]2c2ccccc2OC)c(C)c1. The van der Waals surface area contributed by atoms with Crippen molar-refractivity contribution in [3.8, 4) is 11.5 Å². The van der Waals surface area contributed by atoms with Gasteiger partial charge in [-0.2, -0.15) is 0 Å². The summed E-state index contributed by atoms with van der Waals surface area (Å²) in [5, 5.41) is 11.3. The van der Waals surface area contributed by atoms with Crippen LogP contribution in [-0.2, 0) is 9.59 Å². The third kappa shape index (κ3) is 4.48.